The van der Waals surface area contributed by atoms with Crippen LogP contribution in [-0.2, 0) is 0 Å². The number of rotatable bonds is 1. The van der Waals surface area contributed by atoms with Gasteiger partial charge < -0.3 is 4.57 Å². The molecule has 0 spiro atoms. The van der Waals surface area contributed by atoms with Gasteiger partial charge in [-0.2, -0.15) is 0 Å². The Hall–Kier alpha value is 0.177. The molecule has 1 heterocycles. The molecule has 0 saturated carbocycles. The van der Waals surface area contributed by atoms with Crippen molar-refractivity contribution in [2.45, 2.75) is 58.7 Å². The van der Waals surface area contributed by atoms with E-state index in [1.54, 1.807) is 0 Å². The molecular weight excluding hydrogens is 186 g/mol. The second kappa shape index (κ2) is 3.97. The molecule has 1 nitrogen and oxygen atoms in total. The lowest BCUT2D eigenvalue weighted by atomic mass is 10.0. The van der Waals surface area contributed by atoms with Crippen molar-refractivity contribution in [3.05, 3.63) is 0 Å². The normalized spacial score (nSPS) is 26.6. The van der Waals surface area contributed by atoms with Crippen LogP contribution in [0, 0.1) is 5.92 Å². The van der Waals surface area contributed by atoms with Crippen molar-refractivity contribution >= 4 is 8.24 Å². The van der Waals surface area contributed by atoms with Crippen molar-refractivity contribution in [1.29, 1.82) is 0 Å². The van der Waals surface area contributed by atoms with E-state index in [0.717, 1.165) is 5.92 Å². The molecule has 1 rings (SSSR count). The molecule has 0 aromatic carbocycles. The van der Waals surface area contributed by atoms with Crippen molar-refractivity contribution < 1.29 is 0 Å². The quantitative estimate of drug-likeness (QED) is 0.600. The molecule has 1 saturated heterocycles. The van der Waals surface area contributed by atoms with E-state index in [4.69, 9.17) is 0 Å². The van der Waals surface area contributed by atoms with Crippen molar-refractivity contribution in [3.8, 4) is 0 Å². The summed E-state index contributed by atoms with van der Waals surface area (Å²) in [6.45, 7) is 17.4. The van der Waals surface area contributed by atoms with Gasteiger partial charge in [0.25, 0.3) is 0 Å². The molecule has 1 aliphatic rings. The Labute approximate surface area is 91.0 Å². The molecule has 1 fully saturated rings. The van der Waals surface area contributed by atoms with E-state index >= 15 is 0 Å². The Kier molecular flexibility index (Phi) is 3.48. The molecule has 84 valence electrons. The lowest BCUT2D eigenvalue weighted by Crippen LogP contribution is -2.57. The molecule has 1 atom stereocenters. The second-order valence-corrected chi connectivity index (χ2v) is 11.8. The standard InChI is InChI=1S/C12H27NSi/c1-11-8-7-9-13(10-11)14(5,6)12(2,3)4/h11H,7-10H2,1-6H3. The van der Waals surface area contributed by atoms with Gasteiger partial charge in [0.1, 0.15) is 8.24 Å². The van der Waals surface area contributed by atoms with Crippen LogP contribution < -0.4 is 0 Å². The maximum atomic E-state index is 2.82. The van der Waals surface area contributed by atoms with Crippen LogP contribution in [0.4, 0.5) is 0 Å². The molecule has 0 aromatic rings. The van der Waals surface area contributed by atoms with Crippen molar-refractivity contribution in [2.75, 3.05) is 13.1 Å². The van der Waals surface area contributed by atoms with Crippen molar-refractivity contribution in [2.24, 2.45) is 5.92 Å². The van der Waals surface area contributed by atoms with Crippen molar-refractivity contribution in [1.82, 2.24) is 4.57 Å². The molecule has 0 bridgehead atoms. The lowest BCUT2D eigenvalue weighted by Gasteiger charge is -2.48. The molecule has 0 amide bonds. The highest BCUT2D eigenvalue weighted by molar-refractivity contribution is 6.77. The molecule has 0 radical (unpaired) electrons. The minimum Gasteiger partial charge on any atom is -0.323 e. The van der Waals surface area contributed by atoms with Gasteiger partial charge in [-0.1, -0.05) is 40.8 Å². The highest BCUT2D eigenvalue weighted by Crippen LogP contribution is 2.39. The van der Waals surface area contributed by atoms with Crippen LogP contribution in [-0.4, -0.2) is 25.9 Å². The molecule has 0 aliphatic carbocycles. The first-order chi connectivity index (χ1) is 6.25. The fourth-order valence-corrected chi connectivity index (χ4v) is 4.61. The van der Waals surface area contributed by atoms with Gasteiger partial charge in [-0.25, -0.2) is 0 Å². The summed E-state index contributed by atoms with van der Waals surface area (Å²) < 4.78 is 2.82. The Balaban J connectivity index is 2.71. The lowest BCUT2D eigenvalue weighted by molar-refractivity contribution is 0.266. The van der Waals surface area contributed by atoms with Gasteiger partial charge in [0, 0.05) is 0 Å². The van der Waals surface area contributed by atoms with E-state index < -0.39 is 8.24 Å². The summed E-state index contributed by atoms with van der Waals surface area (Å²) in [5.74, 6) is 0.915. The van der Waals surface area contributed by atoms with E-state index in [-0.39, 0.29) is 0 Å². The molecule has 0 aromatic heterocycles. The molecule has 14 heavy (non-hydrogen) atoms. The third kappa shape index (κ3) is 2.40. The first kappa shape index (κ1) is 12.2. The monoisotopic (exact) mass is 213 g/mol. The molecule has 1 unspecified atom stereocenters. The molecule has 0 N–H and O–H groups in total. The number of nitrogens with zero attached hydrogens (tertiary/aromatic N) is 1. The summed E-state index contributed by atoms with van der Waals surface area (Å²) in [6.07, 6.45) is 2.85. The van der Waals surface area contributed by atoms with Gasteiger partial charge in [-0.15, -0.1) is 0 Å². The van der Waals surface area contributed by atoms with Crippen LogP contribution in [0.5, 0.6) is 0 Å². The van der Waals surface area contributed by atoms with E-state index in [1.807, 2.05) is 0 Å². The van der Waals surface area contributed by atoms with Gasteiger partial charge in [0.15, 0.2) is 0 Å². The average molecular weight is 213 g/mol. The summed E-state index contributed by atoms with van der Waals surface area (Å²) >= 11 is 0. The van der Waals surface area contributed by atoms with E-state index in [2.05, 4.69) is 45.4 Å². The molecular formula is C12H27NSi. The zero-order valence-corrected chi connectivity index (χ0v) is 11.9. The van der Waals surface area contributed by atoms with Gasteiger partial charge in [-0.3, -0.25) is 0 Å². The topological polar surface area (TPSA) is 3.24 Å². The number of piperidine rings is 1. The zero-order valence-electron chi connectivity index (χ0n) is 10.9. The van der Waals surface area contributed by atoms with E-state index in [9.17, 15) is 0 Å². The van der Waals surface area contributed by atoms with Gasteiger partial charge in [0.05, 0.1) is 0 Å². The van der Waals surface area contributed by atoms with Gasteiger partial charge >= 0.3 is 0 Å². The summed E-state index contributed by atoms with van der Waals surface area (Å²) in [6, 6.07) is 0. The Morgan fingerprint density at radius 1 is 1.21 bits per heavy atom. The van der Waals surface area contributed by atoms with Gasteiger partial charge in [0.2, 0.25) is 0 Å². The number of hydrogen-bond donors (Lipinski definition) is 0. The Bertz CT molecular complexity index is 193. The summed E-state index contributed by atoms with van der Waals surface area (Å²) in [7, 11) is -1.21. The van der Waals surface area contributed by atoms with Gasteiger partial charge in [-0.05, 0) is 36.9 Å². The minimum absolute atomic E-state index is 0.504. The van der Waals surface area contributed by atoms with Crippen LogP contribution in [0.2, 0.25) is 18.1 Å². The highest BCUT2D eigenvalue weighted by Gasteiger charge is 2.41. The fourth-order valence-electron chi connectivity index (χ4n) is 2.17. The average Bonchev–Trinajstić information content (AvgIpc) is 2.02. The highest BCUT2D eigenvalue weighted by atomic mass is 28.3. The first-order valence-corrected chi connectivity index (χ1v) is 8.95. The smallest absolute Gasteiger partial charge is 0.127 e. The van der Waals surface area contributed by atoms with E-state index in [1.165, 1.54) is 25.9 Å². The first-order valence-electron chi connectivity index (χ1n) is 6.00. The maximum Gasteiger partial charge on any atom is 0.127 e. The van der Waals surface area contributed by atoms with Crippen LogP contribution in [0.1, 0.15) is 40.5 Å². The zero-order chi connectivity index (χ0) is 11.0. The molecule has 1 aliphatic heterocycles. The second-order valence-electron chi connectivity index (χ2n) is 6.50. The Morgan fingerprint density at radius 3 is 2.21 bits per heavy atom. The van der Waals surface area contributed by atoms with Crippen LogP contribution in [0.3, 0.4) is 0 Å². The third-order valence-electron chi connectivity index (χ3n) is 4.28. The SMILES string of the molecule is CC1CCCN([Si](C)(C)C(C)(C)C)C1. The predicted molar refractivity (Wildman–Crippen MR) is 67.2 cm³/mol. The van der Waals surface area contributed by atoms with Crippen LogP contribution >= 0.6 is 0 Å². The maximum absolute atomic E-state index is 2.82. The Morgan fingerprint density at radius 2 is 1.79 bits per heavy atom. The summed E-state index contributed by atoms with van der Waals surface area (Å²) in [5, 5.41) is 0.504. The molecule has 2 heteroatoms. The fraction of sp³-hybridized carbons (Fsp3) is 1.00. The van der Waals surface area contributed by atoms with E-state index in [0.29, 0.717) is 5.04 Å². The predicted octanol–water partition coefficient (Wildman–Crippen LogP) is 3.72. The largest absolute Gasteiger partial charge is 0.323 e. The minimum atomic E-state index is -1.21. The summed E-state index contributed by atoms with van der Waals surface area (Å²) in [5.41, 5.74) is 0. The number of hydrogen-bond acceptors (Lipinski definition) is 1. The van der Waals surface area contributed by atoms with Crippen LogP contribution in [0.25, 0.3) is 0 Å². The van der Waals surface area contributed by atoms with Crippen LogP contribution in [0.15, 0.2) is 0 Å². The third-order valence-corrected chi connectivity index (χ3v) is 9.94. The summed E-state index contributed by atoms with van der Waals surface area (Å²) in [4.78, 5) is 0. The van der Waals surface area contributed by atoms with Crippen molar-refractivity contribution in [3.63, 3.8) is 0 Å².